The molecule has 6 nitrogen and oxygen atoms in total. The van der Waals surface area contributed by atoms with Gasteiger partial charge >= 0.3 is 0 Å². The maximum Gasteiger partial charge on any atom is 0.237 e. The van der Waals surface area contributed by atoms with Crippen LogP contribution in [0.2, 0.25) is 0 Å². The second-order valence-electron chi connectivity index (χ2n) is 8.39. The Morgan fingerprint density at radius 3 is 2.28 bits per heavy atom. The number of piperidine rings is 1. The van der Waals surface area contributed by atoms with Gasteiger partial charge in [-0.25, -0.2) is 4.39 Å². The highest BCUT2D eigenvalue weighted by atomic mass is 19.1. The van der Waals surface area contributed by atoms with Crippen LogP contribution >= 0.6 is 0 Å². The van der Waals surface area contributed by atoms with Crippen LogP contribution in [0.3, 0.4) is 0 Å². The molecular formula is C22H28FN3O3. The van der Waals surface area contributed by atoms with Crippen molar-refractivity contribution in [3.05, 3.63) is 35.6 Å². The zero-order valence-corrected chi connectivity index (χ0v) is 16.9. The second-order valence-corrected chi connectivity index (χ2v) is 8.39. The molecule has 3 heterocycles. The fraction of sp³-hybridized carbons (Fsp3) is 0.591. The van der Waals surface area contributed by atoms with E-state index in [0.717, 1.165) is 25.9 Å². The number of hydrogen-bond acceptors (Lipinski definition) is 4. The molecular weight excluding hydrogens is 373 g/mol. The number of likely N-dealkylation sites (tertiary alicyclic amines) is 3. The molecule has 1 unspecified atom stereocenters. The lowest BCUT2D eigenvalue weighted by molar-refractivity contribution is -0.142. The molecule has 3 aliphatic heterocycles. The molecule has 29 heavy (non-hydrogen) atoms. The van der Waals surface area contributed by atoms with Crippen molar-refractivity contribution in [2.24, 2.45) is 5.41 Å². The number of halogens is 1. The van der Waals surface area contributed by atoms with Crippen molar-refractivity contribution < 1.29 is 18.8 Å². The average molecular weight is 401 g/mol. The molecule has 156 valence electrons. The number of nitrogens with zero attached hydrogens (tertiary/aromatic N) is 3. The first-order chi connectivity index (χ1) is 14.0. The summed E-state index contributed by atoms with van der Waals surface area (Å²) >= 11 is 0. The highest BCUT2D eigenvalue weighted by Crippen LogP contribution is 2.51. The molecule has 3 fully saturated rings. The van der Waals surface area contributed by atoms with Gasteiger partial charge in [0.15, 0.2) is 0 Å². The minimum absolute atomic E-state index is 0.121. The number of benzene rings is 1. The SMILES string of the molecule is CCN1C(=O)C(c2ccc(F)cc2)C2(CCN(CC(=O)N3CCCC3)CC2)C1=O. The summed E-state index contributed by atoms with van der Waals surface area (Å²) in [6, 6.07) is 5.93. The van der Waals surface area contributed by atoms with Crippen molar-refractivity contribution >= 4 is 17.7 Å². The lowest BCUT2D eigenvalue weighted by atomic mass is 9.67. The molecule has 0 N–H and O–H groups in total. The monoisotopic (exact) mass is 401 g/mol. The molecule has 0 saturated carbocycles. The molecule has 0 aromatic heterocycles. The number of carbonyl (C=O) groups excluding carboxylic acids is 3. The summed E-state index contributed by atoms with van der Waals surface area (Å²) in [6.07, 6.45) is 3.20. The van der Waals surface area contributed by atoms with E-state index in [-0.39, 0.29) is 23.5 Å². The van der Waals surface area contributed by atoms with Gasteiger partial charge in [-0.15, -0.1) is 0 Å². The van der Waals surface area contributed by atoms with E-state index in [1.807, 2.05) is 4.90 Å². The molecule has 1 atom stereocenters. The fourth-order valence-corrected chi connectivity index (χ4v) is 5.17. The molecule has 7 heteroatoms. The highest BCUT2D eigenvalue weighted by molar-refractivity contribution is 6.10. The molecule has 1 spiro atoms. The van der Waals surface area contributed by atoms with Gasteiger partial charge in [0, 0.05) is 19.6 Å². The topological polar surface area (TPSA) is 60.9 Å². The van der Waals surface area contributed by atoms with E-state index in [9.17, 15) is 18.8 Å². The van der Waals surface area contributed by atoms with E-state index < -0.39 is 11.3 Å². The van der Waals surface area contributed by atoms with Gasteiger partial charge in [-0.1, -0.05) is 12.1 Å². The maximum absolute atomic E-state index is 13.4. The quantitative estimate of drug-likeness (QED) is 0.724. The zero-order chi connectivity index (χ0) is 20.6. The molecule has 0 bridgehead atoms. The minimum atomic E-state index is -0.794. The Hall–Kier alpha value is -2.28. The lowest BCUT2D eigenvalue weighted by Crippen LogP contribution is -2.49. The van der Waals surface area contributed by atoms with Crippen LogP contribution in [0, 0.1) is 11.2 Å². The Balaban J connectivity index is 1.53. The third-order valence-electron chi connectivity index (χ3n) is 6.82. The average Bonchev–Trinajstić information content (AvgIpc) is 3.32. The molecule has 1 aromatic carbocycles. The third-order valence-corrected chi connectivity index (χ3v) is 6.82. The predicted molar refractivity (Wildman–Crippen MR) is 105 cm³/mol. The van der Waals surface area contributed by atoms with Crippen molar-refractivity contribution in [3.63, 3.8) is 0 Å². The Labute approximate surface area is 170 Å². The molecule has 3 amide bonds. The lowest BCUT2D eigenvalue weighted by Gasteiger charge is -2.40. The Bertz CT molecular complexity index is 796. The largest absolute Gasteiger partial charge is 0.342 e. The first kappa shape index (κ1) is 20.0. The van der Waals surface area contributed by atoms with Gasteiger partial charge in [0.1, 0.15) is 5.82 Å². The highest BCUT2D eigenvalue weighted by Gasteiger charge is 2.59. The van der Waals surface area contributed by atoms with Crippen molar-refractivity contribution in [2.45, 2.75) is 38.5 Å². The van der Waals surface area contributed by atoms with Crippen LogP contribution in [0.1, 0.15) is 44.1 Å². The Morgan fingerprint density at radius 1 is 1.07 bits per heavy atom. The number of amides is 3. The van der Waals surface area contributed by atoms with Crippen molar-refractivity contribution in [3.8, 4) is 0 Å². The van der Waals surface area contributed by atoms with Gasteiger partial charge in [-0.2, -0.15) is 0 Å². The van der Waals surface area contributed by atoms with Crippen LogP contribution in [0.5, 0.6) is 0 Å². The fourth-order valence-electron chi connectivity index (χ4n) is 5.17. The summed E-state index contributed by atoms with van der Waals surface area (Å²) < 4.78 is 13.4. The van der Waals surface area contributed by atoms with Gasteiger partial charge in [0.2, 0.25) is 17.7 Å². The van der Waals surface area contributed by atoms with Crippen LogP contribution < -0.4 is 0 Å². The first-order valence-electron chi connectivity index (χ1n) is 10.6. The van der Waals surface area contributed by atoms with Gasteiger partial charge in [0.05, 0.1) is 17.9 Å². The number of hydrogen-bond donors (Lipinski definition) is 0. The number of rotatable bonds is 4. The molecule has 3 saturated heterocycles. The van der Waals surface area contributed by atoms with Crippen LogP contribution in [-0.4, -0.2) is 71.7 Å². The summed E-state index contributed by atoms with van der Waals surface area (Å²) in [7, 11) is 0. The Morgan fingerprint density at radius 2 is 1.69 bits per heavy atom. The molecule has 0 aliphatic carbocycles. The van der Waals surface area contributed by atoms with Crippen LogP contribution in [0.4, 0.5) is 4.39 Å². The summed E-state index contributed by atoms with van der Waals surface area (Å²) in [5.41, 5.74) is -0.0970. The molecule has 3 aliphatic rings. The first-order valence-corrected chi connectivity index (χ1v) is 10.6. The van der Waals surface area contributed by atoms with Crippen molar-refractivity contribution in [1.82, 2.24) is 14.7 Å². The van der Waals surface area contributed by atoms with Crippen LogP contribution in [-0.2, 0) is 14.4 Å². The van der Waals surface area contributed by atoms with E-state index in [0.29, 0.717) is 44.6 Å². The maximum atomic E-state index is 13.4. The summed E-state index contributed by atoms with van der Waals surface area (Å²) in [4.78, 5) is 44.2. The number of likely N-dealkylation sites (N-methyl/N-ethyl adjacent to an activating group) is 1. The smallest absolute Gasteiger partial charge is 0.237 e. The molecule has 4 rings (SSSR count). The number of carbonyl (C=O) groups is 3. The predicted octanol–water partition coefficient (Wildman–Crippen LogP) is 2.00. The summed E-state index contributed by atoms with van der Waals surface area (Å²) in [6.45, 7) is 5.40. The van der Waals surface area contributed by atoms with Crippen molar-refractivity contribution in [1.29, 1.82) is 0 Å². The van der Waals surface area contributed by atoms with E-state index in [1.54, 1.807) is 19.1 Å². The Kier molecular flexibility index (Phi) is 5.42. The van der Waals surface area contributed by atoms with Gasteiger partial charge < -0.3 is 4.90 Å². The second kappa shape index (κ2) is 7.86. The van der Waals surface area contributed by atoms with Gasteiger partial charge in [-0.3, -0.25) is 24.2 Å². The van der Waals surface area contributed by atoms with E-state index in [4.69, 9.17) is 0 Å². The van der Waals surface area contributed by atoms with E-state index in [1.165, 1.54) is 17.0 Å². The zero-order valence-electron chi connectivity index (χ0n) is 16.9. The number of imide groups is 1. The normalized spacial score (nSPS) is 24.7. The standard InChI is InChI=1S/C22H28FN3O3/c1-2-26-20(28)19(16-5-7-17(23)8-6-16)22(21(26)29)9-13-24(14-10-22)15-18(27)25-11-3-4-12-25/h5-8,19H,2-4,9-15H2,1H3. The third kappa shape index (κ3) is 3.45. The van der Waals surface area contributed by atoms with Crippen LogP contribution in [0.15, 0.2) is 24.3 Å². The summed E-state index contributed by atoms with van der Waals surface area (Å²) in [5.74, 6) is -1.10. The molecule has 0 radical (unpaired) electrons. The van der Waals surface area contributed by atoms with E-state index >= 15 is 0 Å². The van der Waals surface area contributed by atoms with E-state index in [2.05, 4.69) is 4.90 Å². The van der Waals surface area contributed by atoms with Crippen molar-refractivity contribution in [2.75, 3.05) is 39.3 Å². The summed E-state index contributed by atoms with van der Waals surface area (Å²) in [5, 5.41) is 0. The minimum Gasteiger partial charge on any atom is -0.342 e. The van der Waals surface area contributed by atoms with Crippen LogP contribution in [0.25, 0.3) is 0 Å². The van der Waals surface area contributed by atoms with Gasteiger partial charge in [-0.05, 0) is 63.4 Å². The van der Waals surface area contributed by atoms with Gasteiger partial charge in [0.25, 0.3) is 0 Å². The molecule has 1 aromatic rings.